The van der Waals surface area contributed by atoms with Crippen molar-refractivity contribution < 1.29 is 4.79 Å². The Morgan fingerprint density at radius 2 is 2.14 bits per heavy atom. The van der Waals surface area contributed by atoms with Crippen LogP contribution in [0.2, 0.25) is 0 Å². The van der Waals surface area contributed by atoms with Crippen LogP contribution in [-0.2, 0) is 0 Å². The molecule has 2 atom stereocenters. The van der Waals surface area contributed by atoms with Gasteiger partial charge in [0.2, 0.25) is 0 Å². The van der Waals surface area contributed by atoms with E-state index in [-0.39, 0.29) is 6.03 Å². The molecule has 2 aliphatic rings. The molecule has 1 heterocycles. The predicted octanol–water partition coefficient (Wildman–Crippen LogP) is 0.624. The van der Waals surface area contributed by atoms with Crippen LogP contribution in [0.25, 0.3) is 0 Å². The van der Waals surface area contributed by atoms with Gasteiger partial charge >= 0.3 is 6.03 Å². The Hall–Kier alpha value is -0.770. The zero-order valence-electron chi connectivity index (χ0n) is 8.78. The molecule has 0 aromatic rings. The maximum atomic E-state index is 11.8. The second-order valence-corrected chi connectivity index (χ2v) is 4.48. The summed E-state index contributed by atoms with van der Waals surface area (Å²) in [5.74, 6) is 0. The Labute approximate surface area is 85.0 Å². The van der Waals surface area contributed by atoms with Crippen molar-refractivity contribution in [3.63, 3.8) is 0 Å². The molecule has 2 N–H and O–H groups in total. The first-order valence-electron chi connectivity index (χ1n) is 5.46. The molecule has 80 valence electrons. The molecule has 1 saturated heterocycles. The van der Waals surface area contributed by atoms with Crippen molar-refractivity contribution >= 4 is 6.03 Å². The van der Waals surface area contributed by atoms with Crippen molar-refractivity contribution in [2.24, 2.45) is 5.73 Å². The fourth-order valence-corrected chi connectivity index (χ4v) is 2.50. The predicted molar refractivity (Wildman–Crippen MR) is 55.0 cm³/mol. The molecule has 4 nitrogen and oxygen atoms in total. The molecule has 14 heavy (non-hydrogen) atoms. The first kappa shape index (κ1) is 9.77. The van der Waals surface area contributed by atoms with E-state index < -0.39 is 0 Å². The molecule has 0 spiro atoms. The summed E-state index contributed by atoms with van der Waals surface area (Å²) in [7, 11) is 1.88. The minimum absolute atomic E-state index is 0.190. The Balaban J connectivity index is 1.99. The largest absolute Gasteiger partial charge is 0.328 e. The van der Waals surface area contributed by atoms with Crippen LogP contribution in [0, 0.1) is 0 Å². The van der Waals surface area contributed by atoms with Gasteiger partial charge in [-0.15, -0.1) is 0 Å². The van der Waals surface area contributed by atoms with Crippen LogP contribution in [0.15, 0.2) is 0 Å². The maximum Gasteiger partial charge on any atom is 0.319 e. The van der Waals surface area contributed by atoms with Gasteiger partial charge in [0.1, 0.15) is 0 Å². The standard InChI is InChI=1S/C10H19N3O/c1-12-5-2-6-13(10(12)14)9-4-3-8(11)7-9/h8-9H,2-7,11H2,1H3. The molecule has 1 saturated carbocycles. The summed E-state index contributed by atoms with van der Waals surface area (Å²) in [6, 6.07) is 0.899. The highest BCUT2D eigenvalue weighted by Gasteiger charge is 2.33. The lowest BCUT2D eigenvalue weighted by Crippen LogP contribution is -2.51. The normalized spacial score (nSPS) is 34.0. The van der Waals surface area contributed by atoms with E-state index in [1.165, 1.54) is 0 Å². The summed E-state index contributed by atoms with van der Waals surface area (Å²) in [4.78, 5) is 15.7. The van der Waals surface area contributed by atoms with Gasteiger partial charge in [-0.05, 0) is 25.7 Å². The number of hydrogen-bond acceptors (Lipinski definition) is 2. The van der Waals surface area contributed by atoms with Gasteiger partial charge in [-0.25, -0.2) is 4.79 Å². The molecule has 0 bridgehead atoms. The van der Waals surface area contributed by atoms with E-state index in [1.807, 2.05) is 16.8 Å². The highest BCUT2D eigenvalue weighted by Crippen LogP contribution is 2.25. The Kier molecular flexibility index (Phi) is 2.63. The first-order valence-corrected chi connectivity index (χ1v) is 5.46. The van der Waals surface area contributed by atoms with Gasteiger partial charge in [-0.1, -0.05) is 0 Å². The van der Waals surface area contributed by atoms with Crippen LogP contribution in [0.5, 0.6) is 0 Å². The minimum atomic E-state index is 0.190. The van der Waals surface area contributed by atoms with Crippen molar-refractivity contribution in [1.82, 2.24) is 9.80 Å². The van der Waals surface area contributed by atoms with E-state index in [0.717, 1.165) is 38.8 Å². The zero-order chi connectivity index (χ0) is 10.1. The van der Waals surface area contributed by atoms with E-state index in [0.29, 0.717) is 12.1 Å². The molecule has 2 rings (SSSR count). The molecule has 2 fully saturated rings. The molecule has 1 aliphatic carbocycles. The molecule has 2 unspecified atom stereocenters. The van der Waals surface area contributed by atoms with E-state index in [1.54, 1.807) is 0 Å². The highest BCUT2D eigenvalue weighted by molar-refractivity contribution is 5.75. The summed E-state index contributed by atoms with van der Waals surface area (Å²) in [6.45, 7) is 1.81. The Morgan fingerprint density at radius 1 is 1.36 bits per heavy atom. The first-order chi connectivity index (χ1) is 6.68. The Morgan fingerprint density at radius 3 is 2.79 bits per heavy atom. The van der Waals surface area contributed by atoms with Gasteiger partial charge in [0, 0.05) is 32.2 Å². The lowest BCUT2D eigenvalue weighted by molar-refractivity contribution is 0.119. The summed E-state index contributed by atoms with van der Waals surface area (Å²) in [5.41, 5.74) is 5.86. The molecule has 0 radical (unpaired) electrons. The number of nitrogens with two attached hydrogens (primary N) is 1. The molecular formula is C10H19N3O. The maximum absolute atomic E-state index is 11.8. The second-order valence-electron chi connectivity index (χ2n) is 4.48. The number of carbonyl (C=O) groups excluding carboxylic acids is 1. The molecule has 4 heteroatoms. The zero-order valence-corrected chi connectivity index (χ0v) is 8.78. The van der Waals surface area contributed by atoms with Gasteiger partial charge < -0.3 is 15.5 Å². The summed E-state index contributed by atoms with van der Waals surface area (Å²) in [6.07, 6.45) is 4.23. The van der Waals surface area contributed by atoms with Crippen LogP contribution in [0.4, 0.5) is 4.79 Å². The van der Waals surface area contributed by atoms with Crippen molar-refractivity contribution in [2.75, 3.05) is 20.1 Å². The monoisotopic (exact) mass is 197 g/mol. The lowest BCUT2D eigenvalue weighted by Gasteiger charge is -2.37. The van der Waals surface area contributed by atoms with Crippen molar-refractivity contribution in [2.45, 2.75) is 37.8 Å². The molecule has 0 aromatic carbocycles. The number of amides is 2. The van der Waals surface area contributed by atoms with Gasteiger partial charge in [0.25, 0.3) is 0 Å². The second kappa shape index (κ2) is 3.77. The van der Waals surface area contributed by atoms with Gasteiger partial charge in [-0.3, -0.25) is 0 Å². The highest BCUT2D eigenvalue weighted by atomic mass is 16.2. The molecule has 0 aromatic heterocycles. The summed E-state index contributed by atoms with van der Waals surface area (Å²) >= 11 is 0. The molecule has 2 amide bonds. The average molecular weight is 197 g/mol. The topological polar surface area (TPSA) is 49.6 Å². The Bertz CT molecular complexity index is 231. The third kappa shape index (κ3) is 1.71. The third-order valence-electron chi connectivity index (χ3n) is 3.35. The van der Waals surface area contributed by atoms with E-state index in [9.17, 15) is 4.79 Å². The van der Waals surface area contributed by atoms with Crippen LogP contribution in [0.3, 0.4) is 0 Å². The number of urea groups is 1. The average Bonchev–Trinajstić information content (AvgIpc) is 2.57. The quantitative estimate of drug-likeness (QED) is 0.670. The third-order valence-corrected chi connectivity index (χ3v) is 3.35. The fraction of sp³-hybridized carbons (Fsp3) is 0.900. The minimum Gasteiger partial charge on any atom is -0.328 e. The summed E-state index contributed by atoms with van der Waals surface area (Å²) in [5, 5.41) is 0. The summed E-state index contributed by atoms with van der Waals surface area (Å²) < 4.78 is 0. The van der Waals surface area contributed by atoms with E-state index in [4.69, 9.17) is 5.73 Å². The number of hydrogen-bond donors (Lipinski definition) is 1. The van der Waals surface area contributed by atoms with Crippen molar-refractivity contribution in [3.05, 3.63) is 0 Å². The van der Waals surface area contributed by atoms with Gasteiger partial charge in [-0.2, -0.15) is 0 Å². The van der Waals surface area contributed by atoms with Gasteiger partial charge in [0.15, 0.2) is 0 Å². The van der Waals surface area contributed by atoms with E-state index >= 15 is 0 Å². The smallest absolute Gasteiger partial charge is 0.319 e. The van der Waals surface area contributed by atoms with Crippen LogP contribution < -0.4 is 5.73 Å². The number of rotatable bonds is 1. The SMILES string of the molecule is CN1CCCN(C2CCC(N)C2)C1=O. The molecule has 1 aliphatic heterocycles. The van der Waals surface area contributed by atoms with Crippen LogP contribution in [-0.4, -0.2) is 48.1 Å². The van der Waals surface area contributed by atoms with Crippen molar-refractivity contribution in [3.8, 4) is 0 Å². The van der Waals surface area contributed by atoms with Crippen LogP contribution in [0.1, 0.15) is 25.7 Å². The molecular weight excluding hydrogens is 178 g/mol. The van der Waals surface area contributed by atoms with Crippen LogP contribution >= 0.6 is 0 Å². The van der Waals surface area contributed by atoms with E-state index in [2.05, 4.69) is 0 Å². The number of carbonyl (C=O) groups is 1. The van der Waals surface area contributed by atoms with Gasteiger partial charge in [0.05, 0.1) is 0 Å². The van der Waals surface area contributed by atoms with Crippen molar-refractivity contribution in [1.29, 1.82) is 0 Å². The number of nitrogens with zero attached hydrogens (tertiary/aromatic N) is 2. The fourth-order valence-electron chi connectivity index (χ4n) is 2.50. The lowest BCUT2D eigenvalue weighted by atomic mass is 10.1.